The molecule has 1 amide bonds. The van der Waals surface area contributed by atoms with Gasteiger partial charge < -0.3 is 5.32 Å². The molecule has 1 aliphatic heterocycles. The van der Waals surface area contributed by atoms with Gasteiger partial charge in [-0.3, -0.25) is 9.10 Å². The molecule has 180 valence electrons. The fourth-order valence-corrected chi connectivity index (χ4v) is 5.22. The largest absolute Gasteiger partial charge is 0.322 e. The van der Waals surface area contributed by atoms with Crippen LogP contribution < -0.4 is 9.62 Å². The van der Waals surface area contributed by atoms with Crippen LogP contribution in [0.5, 0.6) is 0 Å². The van der Waals surface area contributed by atoms with Crippen molar-refractivity contribution < 1.29 is 9.00 Å². The van der Waals surface area contributed by atoms with Gasteiger partial charge in [0.05, 0.1) is 21.8 Å². The van der Waals surface area contributed by atoms with E-state index in [9.17, 15) is 9.00 Å². The highest BCUT2D eigenvalue weighted by molar-refractivity contribution is 7.86. The first-order chi connectivity index (χ1) is 17.0. The second-order valence-corrected chi connectivity index (χ2v) is 10.0. The molecule has 1 atom stereocenters. The zero-order valence-corrected chi connectivity index (χ0v) is 21.3. The summed E-state index contributed by atoms with van der Waals surface area (Å²) < 4.78 is 13.9. The Morgan fingerprint density at radius 2 is 1.89 bits per heavy atom. The number of nitrogens with zero attached hydrogens (tertiary/aromatic N) is 3. The molecule has 0 spiro atoms. The molecule has 1 fully saturated rings. The van der Waals surface area contributed by atoms with Crippen LogP contribution >= 0.6 is 11.6 Å². The fourth-order valence-electron chi connectivity index (χ4n) is 3.68. The van der Waals surface area contributed by atoms with E-state index in [1.807, 2.05) is 42.5 Å². The number of rotatable bonds is 4. The van der Waals surface area contributed by atoms with E-state index in [4.69, 9.17) is 11.6 Å². The van der Waals surface area contributed by atoms with Gasteiger partial charge in [0.25, 0.3) is 5.91 Å². The standard InChI is InChI=1S/C24H19ClN4O2S.C3H8/c25-21-14-19(29-11-4-12-32(29)31)9-10-20(21)24(30)27-18-7-3-6-16(13-18)23-26-15-17-5-1-2-8-22(17)28-23;1-3-2/h1-3,5-10,13-15H,4,11-12H2,(H,27,30);3H2,1-2H3. The number of halogens is 1. The molecule has 0 bridgehead atoms. The maximum absolute atomic E-state index is 12.9. The third kappa shape index (κ3) is 5.86. The van der Waals surface area contributed by atoms with Crippen LogP contribution in [0.3, 0.4) is 0 Å². The second kappa shape index (κ2) is 11.4. The number of carbonyl (C=O) groups excluding carboxylic acids is 1. The lowest BCUT2D eigenvalue weighted by Gasteiger charge is -2.17. The summed E-state index contributed by atoms with van der Waals surface area (Å²) >= 11 is 6.39. The van der Waals surface area contributed by atoms with E-state index in [1.165, 1.54) is 6.42 Å². The van der Waals surface area contributed by atoms with Crippen molar-refractivity contribution in [3.05, 3.63) is 83.5 Å². The number of nitrogens with one attached hydrogen (secondary N) is 1. The molecule has 1 unspecified atom stereocenters. The highest BCUT2D eigenvalue weighted by Gasteiger charge is 2.22. The van der Waals surface area contributed by atoms with E-state index in [2.05, 4.69) is 29.1 Å². The number of fused-ring (bicyclic) bond motifs is 1. The molecule has 5 rings (SSSR count). The molecular weight excluding hydrogens is 480 g/mol. The second-order valence-electron chi connectivity index (χ2n) is 8.14. The van der Waals surface area contributed by atoms with E-state index in [1.54, 1.807) is 34.8 Å². The fraction of sp³-hybridized carbons (Fsp3) is 0.222. The summed E-state index contributed by atoms with van der Waals surface area (Å²) in [5, 5.41) is 4.18. The Bertz CT molecular complexity index is 1380. The van der Waals surface area contributed by atoms with Gasteiger partial charge >= 0.3 is 0 Å². The van der Waals surface area contributed by atoms with Crippen molar-refractivity contribution in [1.82, 2.24) is 9.97 Å². The van der Waals surface area contributed by atoms with Crippen LogP contribution in [0, 0.1) is 0 Å². The summed E-state index contributed by atoms with van der Waals surface area (Å²) in [6.07, 6.45) is 3.92. The third-order valence-corrected chi connectivity index (χ3v) is 7.11. The number of benzene rings is 3. The van der Waals surface area contributed by atoms with E-state index >= 15 is 0 Å². The Labute approximate surface area is 213 Å². The zero-order chi connectivity index (χ0) is 24.8. The first-order valence-electron chi connectivity index (χ1n) is 11.6. The number of aromatic nitrogens is 2. The minimum Gasteiger partial charge on any atom is -0.322 e. The van der Waals surface area contributed by atoms with Crippen molar-refractivity contribution in [2.75, 3.05) is 21.9 Å². The summed E-state index contributed by atoms with van der Waals surface area (Å²) in [4.78, 5) is 21.9. The molecule has 35 heavy (non-hydrogen) atoms. The molecule has 0 radical (unpaired) electrons. The monoisotopic (exact) mass is 506 g/mol. The van der Waals surface area contributed by atoms with Crippen LogP contribution in [0.2, 0.25) is 5.02 Å². The molecule has 8 heteroatoms. The highest BCUT2D eigenvalue weighted by atomic mass is 35.5. The van der Waals surface area contributed by atoms with Gasteiger partial charge in [-0.05, 0) is 42.8 Å². The molecule has 4 aromatic rings. The minimum atomic E-state index is -1.04. The Balaban J connectivity index is 0.000000917. The van der Waals surface area contributed by atoms with Crippen LogP contribution in [-0.2, 0) is 11.0 Å². The van der Waals surface area contributed by atoms with Gasteiger partial charge in [0.15, 0.2) is 5.82 Å². The Hall–Kier alpha value is -3.29. The highest BCUT2D eigenvalue weighted by Crippen LogP contribution is 2.28. The number of para-hydroxylation sites is 1. The quantitative estimate of drug-likeness (QED) is 0.343. The molecule has 1 N–H and O–H groups in total. The van der Waals surface area contributed by atoms with Crippen molar-refractivity contribution in [3.63, 3.8) is 0 Å². The average molecular weight is 507 g/mol. The maximum Gasteiger partial charge on any atom is 0.257 e. The Kier molecular flexibility index (Phi) is 8.10. The maximum atomic E-state index is 12.9. The Morgan fingerprint density at radius 1 is 1.09 bits per heavy atom. The van der Waals surface area contributed by atoms with Crippen LogP contribution in [0.25, 0.3) is 22.3 Å². The SMILES string of the molecule is CCC.O=C(Nc1cccc(-c2ncc3ccccc3n2)c1)c1ccc(N2CCCS2=O)cc1Cl. The van der Waals surface area contributed by atoms with Gasteiger partial charge in [0, 0.05) is 35.1 Å². The lowest BCUT2D eigenvalue weighted by molar-refractivity contribution is 0.102. The summed E-state index contributed by atoms with van der Waals surface area (Å²) in [5.74, 6) is 0.915. The van der Waals surface area contributed by atoms with Gasteiger partial charge in [0.2, 0.25) is 0 Å². The number of hydrogen-bond acceptors (Lipinski definition) is 4. The first-order valence-corrected chi connectivity index (χ1v) is 13.2. The average Bonchev–Trinajstić information content (AvgIpc) is 3.30. The van der Waals surface area contributed by atoms with Crippen LogP contribution in [-0.4, -0.2) is 32.4 Å². The third-order valence-electron chi connectivity index (χ3n) is 5.28. The zero-order valence-electron chi connectivity index (χ0n) is 19.7. The number of hydrogen-bond donors (Lipinski definition) is 1. The van der Waals surface area contributed by atoms with E-state index in [0.717, 1.165) is 35.1 Å². The smallest absolute Gasteiger partial charge is 0.257 e. The van der Waals surface area contributed by atoms with E-state index in [0.29, 0.717) is 27.9 Å². The molecule has 3 aromatic carbocycles. The van der Waals surface area contributed by atoms with Crippen molar-refractivity contribution >= 4 is 50.8 Å². The summed E-state index contributed by atoms with van der Waals surface area (Å²) in [6.45, 7) is 4.97. The lowest BCUT2D eigenvalue weighted by atomic mass is 10.1. The Morgan fingerprint density at radius 3 is 2.63 bits per heavy atom. The van der Waals surface area contributed by atoms with Crippen LogP contribution in [0.1, 0.15) is 37.0 Å². The molecule has 1 aromatic heterocycles. The van der Waals surface area contributed by atoms with E-state index < -0.39 is 11.0 Å². The lowest BCUT2D eigenvalue weighted by Crippen LogP contribution is -2.20. The molecule has 0 saturated carbocycles. The van der Waals surface area contributed by atoms with Crippen molar-refractivity contribution in [3.8, 4) is 11.4 Å². The molecule has 6 nitrogen and oxygen atoms in total. The minimum absolute atomic E-state index is 0.318. The molecule has 1 aliphatic rings. The van der Waals surface area contributed by atoms with Gasteiger partial charge in [-0.1, -0.05) is 62.2 Å². The number of amides is 1. The molecule has 0 aliphatic carbocycles. The van der Waals surface area contributed by atoms with Crippen molar-refractivity contribution in [2.24, 2.45) is 0 Å². The molecular formula is C27H27ClN4O2S. The topological polar surface area (TPSA) is 75.2 Å². The van der Waals surface area contributed by atoms with Crippen LogP contribution in [0.4, 0.5) is 11.4 Å². The number of carbonyl (C=O) groups is 1. The molecule has 1 saturated heterocycles. The normalized spacial score (nSPS) is 14.9. The summed E-state index contributed by atoms with van der Waals surface area (Å²) in [6, 6.07) is 20.3. The predicted molar refractivity (Wildman–Crippen MR) is 145 cm³/mol. The van der Waals surface area contributed by atoms with Crippen LogP contribution in [0.15, 0.2) is 72.9 Å². The van der Waals surface area contributed by atoms with Gasteiger partial charge in [-0.2, -0.15) is 0 Å². The van der Waals surface area contributed by atoms with Gasteiger partial charge in [-0.25, -0.2) is 14.2 Å². The molecule has 2 heterocycles. The van der Waals surface area contributed by atoms with Crippen molar-refractivity contribution in [2.45, 2.75) is 26.7 Å². The van der Waals surface area contributed by atoms with E-state index in [-0.39, 0.29) is 5.91 Å². The summed E-state index contributed by atoms with van der Waals surface area (Å²) in [7, 11) is -1.04. The van der Waals surface area contributed by atoms with Gasteiger partial charge in [0.1, 0.15) is 11.0 Å². The number of anilines is 2. The van der Waals surface area contributed by atoms with Crippen molar-refractivity contribution in [1.29, 1.82) is 0 Å². The first kappa shape index (κ1) is 24.8. The summed E-state index contributed by atoms with van der Waals surface area (Å²) in [5.41, 5.74) is 3.39. The predicted octanol–water partition coefficient (Wildman–Crippen LogP) is 6.49. The van der Waals surface area contributed by atoms with Gasteiger partial charge in [-0.15, -0.1) is 0 Å².